The Bertz CT molecular complexity index is 582. The first-order chi connectivity index (χ1) is 11.6. The molecule has 0 aliphatic heterocycles. The number of carbonyl (C=O) groups excluding carboxylic acids is 1. The number of hydrogen-bond acceptors (Lipinski definition) is 2. The first-order valence-corrected chi connectivity index (χ1v) is 9.22. The molecule has 3 rings (SSSR count). The lowest BCUT2D eigenvalue weighted by Crippen LogP contribution is -2.25. The van der Waals surface area contributed by atoms with Crippen LogP contribution in [0.25, 0.3) is 0 Å². The van der Waals surface area contributed by atoms with Crippen molar-refractivity contribution in [1.82, 2.24) is 0 Å². The van der Waals surface area contributed by atoms with Gasteiger partial charge in [-0.05, 0) is 74.8 Å². The van der Waals surface area contributed by atoms with Crippen LogP contribution in [-0.2, 0) is 4.79 Å². The Morgan fingerprint density at radius 3 is 2.21 bits per heavy atom. The van der Waals surface area contributed by atoms with Gasteiger partial charge in [0, 0.05) is 12.8 Å². The molecule has 0 radical (unpaired) electrons. The highest BCUT2D eigenvalue weighted by Gasteiger charge is 2.32. The molecule has 4 heteroatoms. The molecule has 2 fully saturated rings. The second-order valence-electron chi connectivity index (χ2n) is 7.20. The number of ether oxygens (including phenoxy) is 1. The van der Waals surface area contributed by atoms with E-state index in [1.54, 1.807) is 19.1 Å². The fourth-order valence-electron chi connectivity index (χ4n) is 4.46. The van der Waals surface area contributed by atoms with Crippen molar-refractivity contribution in [1.29, 1.82) is 0 Å². The topological polar surface area (TPSA) is 26.3 Å². The van der Waals surface area contributed by atoms with E-state index in [0.29, 0.717) is 29.8 Å². The maximum Gasteiger partial charge on any atom is 0.200 e. The predicted octanol–water partition coefficient (Wildman–Crippen LogP) is 5.40. The molecule has 0 heterocycles. The summed E-state index contributed by atoms with van der Waals surface area (Å²) >= 11 is 0. The summed E-state index contributed by atoms with van der Waals surface area (Å²) in [5.74, 6) is 0.174. The van der Waals surface area contributed by atoms with Crippen LogP contribution >= 0.6 is 0 Å². The summed E-state index contributed by atoms with van der Waals surface area (Å²) < 4.78 is 33.6. The fourth-order valence-corrected chi connectivity index (χ4v) is 4.46. The number of Topliss-reactive ketones (excluding diaryl/α,β-unsaturated/α-hetero) is 1. The predicted molar refractivity (Wildman–Crippen MR) is 89.2 cm³/mol. The van der Waals surface area contributed by atoms with Gasteiger partial charge in [0.05, 0.1) is 6.61 Å². The molecule has 0 spiro atoms. The zero-order chi connectivity index (χ0) is 17.1. The molecule has 0 N–H and O–H groups in total. The van der Waals surface area contributed by atoms with Crippen molar-refractivity contribution in [2.45, 2.75) is 64.2 Å². The number of ketones is 1. The largest absolute Gasteiger partial charge is 0.491 e. The second-order valence-corrected chi connectivity index (χ2v) is 7.20. The molecule has 0 bridgehead atoms. The Labute approximate surface area is 142 Å². The summed E-state index contributed by atoms with van der Waals surface area (Å²) in [6.45, 7) is 2.08. The Kier molecular flexibility index (Phi) is 5.52. The van der Waals surface area contributed by atoms with Crippen LogP contribution in [0.1, 0.15) is 69.8 Å². The SMILES string of the molecule is CCOc1ccc([C@H]2CC[C@H](C3CCC(=O)CC3)CC2)c(F)c1F. The van der Waals surface area contributed by atoms with Gasteiger partial charge < -0.3 is 4.74 Å². The van der Waals surface area contributed by atoms with E-state index in [1.165, 1.54) is 0 Å². The van der Waals surface area contributed by atoms with Crippen LogP contribution in [0.3, 0.4) is 0 Å². The van der Waals surface area contributed by atoms with Gasteiger partial charge in [-0.3, -0.25) is 4.79 Å². The van der Waals surface area contributed by atoms with E-state index in [1.807, 2.05) is 0 Å². The molecule has 0 saturated heterocycles. The van der Waals surface area contributed by atoms with Crippen LogP contribution in [-0.4, -0.2) is 12.4 Å². The van der Waals surface area contributed by atoms with E-state index in [9.17, 15) is 13.6 Å². The Morgan fingerprint density at radius 2 is 1.58 bits per heavy atom. The van der Waals surface area contributed by atoms with Crippen LogP contribution in [0, 0.1) is 23.5 Å². The lowest BCUT2D eigenvalue weighted by Gasteiger charge is -2.35. The summed E-state index contributed by atoms with van der Waals surface area (Å²) in [7, 11) is 0. The van der Waals surface area contributed by atoms with E-state index in [-0.39, 0.29) is 11.7 Å². The highest BCUT2D eigenvalue weighted by Crippen LogP contribution is 2.43. The monoisotopic (exact) mass is 336 g/mol. The standard InChI is InChI=1S/C20H26F2O2/c1-2-24-18-12-11-17(19(21)20(18)22)15-5-3-13(4-6-15)14-7-9-16(23)10-8-14/h11-15H,2-10H2,1H3/t13-,15-. The zero-order valence-corrected chi connectivity index (χ0v) is 14.3. The third kappa shape index (κ3) is 3.62. The van der Waals surface area contributed by atoms with Crippen molar-refractivity contribution < 1.29 is 18.3 Å². The van der Waals surface area contributed by atoms with Crippen molar-refractivity contribution in [3.8, 4) is 5.75 Å². The van der Waals surface area contributed by atoms with Gasteiger partial charge in [-0.15, -0.1) is 0 Å². The Balaban J connectivity index is 1.62. The Morgan fingerprint density at radius 1 is 0.958 bits per heavy atom. The highest BCUT2D eigenvalue weighted by atomic mass is 19.2. The molecule has 2 saturated carbocycles. The molecule has 132 valence electrons. The van der Waals surface area contributed by atoms with E-state index >= 15 is 0 Å². The minimum absolute atomic E-state index is 0.000640. The number of benzene rings is 1. The molecule has 0 aromatic heterocycles. The maximum atomic E-state index is 14.4. The summed E-state index contributed by atoms with van der Waals surface area (Å²) in [5, 5.41) is 0. The number of halogens is 2. The van der Waals surface area contributed by atoms with Crippen molar-refractivity contribution >= 4 is 5.78 Å². The van der Waals surface area contributed by atoms with Crippen molar-refractivity contribution in [2.24, 2.45) is 11.8 Å². The first-order valence-electron chi connectivity index (χ1n) is 9.22. The molecule has 0 atom stereocenters. The van der Waals surface area contributed by atoms with Crippen molar-refractivity contribution in [3.63, 3.8) is 0 Å². The van der Waals surface area contributed by atoms with Gasteiger partial charge in [0.1, 0.15) is 5.78 Å². The summed E-state index contributed by atoms with van der Waals surface area (Å²) in [6, 6.07) is 3.24. The van der Waals surface area contributed by atoms with Crippen LogP contribution in [0.2, 0.25) is 0 Å². The third-order valence-electron chi connectivity index (χ3n) is 5.84. The van der Waals surface area contributed by atoms with Gasteiger partial charge in [-0.1, -0.05) is 6.07 Å². The third-order valence-corrected chi connectivity index (χ3v) is 5.84. The van der Waals surface area contributed by atoms with E-state index in [4.69, 9.17) is 4.74 Å². The fraction of sp³-hybridized carbons (Fsp3) is 0.650. The lowest BCUT2D eigenvalue weighted by atomic mass is 9.69. The van der Waals surface area contributed by atoms with E-state index in [2.05, 4.69) is 0 Å². The molecule has 1 aromatic carbocycles. The lowest BCUT2D eigenvalue weighted by molar-refractivity contribution is -0.121. The molecular weight excluding hydrogens is 310 g/mol. The van der Waals surface area contributed by atoms with Crippen LogP contribution in [0.5, 0.6) is 5.75 Å². The molecule has 2 aliphatic rings. The molecule has 2 nitrogen and oxygen atoms in total. The van der Waals surface area contributed by atoms with Crippen molar-refractivity contribution in [3.05, 3.63) is 29.3 Å². The quantitative estimate of drug-likeness (QED) is 0.736. The van der Waals surface area contributed by atoms with Crippen LogP contribution < -0.4 is 4.74 Å². The molecule has 1 aromatic rings. The average molecular weight is 336 g/mol. The summed E-state index contributed by atoms with van der Waals surface area (Å²) in [6.07, 6.45) is 7.39. The second kappa shape index (κ2) is 7.62. The minimum Gasteiger partial charge on any atom is -0.491 e. The molecule has 24 heavy (non-hydrogen) atoms. The number of carbonyl (C=O) groups is 1. The molecule has 2 aliphatic carbocycles. The number of hydrogen-bond donors (Lipinski definition) is 0. The van der Waals surface area contributed by atoms with Gasteiger partial charge in [-0.25, -0.2) is 4.39 Å². The molecule has 0 amide bonds. The highest BCUT2D eigenvalue weighted by molar-refractivity contribution is 5.79. The summed E-state index contributed by atoms with van der Waals surface area (Å²) in [5.41, 5.74) is 0.494. The van der Waals surface area contributed by atoms with Gasteiger partial charge >= 0.3 is 0 Å². The minimum atomic E-state index is -0.859. The van der Waals surface area contributed by atoms with Gasteiger partial charge in [0.25, 0.3) is 0 Å². The van der Waals surface area contributed by atoms with Crippen LogP contribution in [0.15, 0.2) is 12.1 Å². The summed E-state index contributed by atoms with van der Waals surface area (Å²) in [4.78, 5) is 11.4. The van der Waals surface area contributed by atoms with Gasteiger partial charge in [0.15, 0.2) is 11.6 Å². The number of rotatable bonds is 4. The van der Waals surface area contributed by atoms with Crippen molar-refractivity contribution in [2.75, 3.05) is 6.61 Å². The first kappa shape index (κ1) is 17.4. The van der Waals surface area contributed by atoms with E-state index in [0.717, 1.165) is 51.4 Å². The Hall–Kier alpha value is -1.45. The molecule has 0 unspecified atom stereocenters. The average Bonchev–Trinajstić information content (AvgIpc) is 2.60. The smallest absolute Gasteiger partial charge is 0.200 e. The normalized spacial score (nSPS) is 25.7. The van der Waals surface area contributed by atoms with Gasteiger partial charge in [0.2, 0.25) is 5.82 Å². The molecular formula is C20H26F2O2. The van der Waals surface area contributed by atoms with Gasteiger partial charge in [-0.2, -0.15) is 4.39 Å². The van der Waals surface area contributed by atoms with Crippen LogP contribution in [0.4, 0.5) is 8.78 Å². The van der Waals surface area contributed by atoms with E-state index < -0.39 is 11.6 Å². The zero-order valence-electron chi connectivity index (χ0n) is 14.3. The maximum absolute atomic E-state index is 14.4.